The summed E-state index contributed by atoms with van der Waals surface area (Å²) in [6.07, 6.45) is 4.18. The van der Waals surface area contributed by atoms with Crippen LogP contribution < -0.4 is 4.74 Å². The van der Waals surface area contributed by atoms with Gasteiger partial charge in [-0.05, 0) is 30.5 Å². The highest BCUT2D eigenvalue weighted by Gasteiger charge is 2.29. The van der Waals surface area contributed by atoms with E-state index in [0.29, 0.717) is 18.1 Å². The van der Waals surface area contributed by atoms with E-state index in [1.165, 1.54) is 0 Å². The van der Waals surface area contributed by atoms with E-state index in [1.54, 1.807) is 20.3 Å². The summed E-state index contributed by atoms with van der Waals surface area (Å²) in [6.45, 7) is 1.03. The number of nitrogens with zero attached hydrogens (tertiary/aromatic N) is 2. The molecule has 1 aromatic heterocycles. The highest BCUT2D eigenvalue weighted by atomic mass is 16.5. The van der Waals surface area contributed by atoms with Crippen LogP contribution in [-0.4, -0.2) is 36.7 Å². The van der Waals surface area contributed by atoms with Crippen molar-refractivity contribution in [2.24, 2.45) is 0 Å². The van der Waals surface area contributed by atoms with Gasteiger partial charge in [0.2, 0.25) is 0 Å². The van der Waals surface area contributed by atoms with Crippen LogP contribution in [0.3, 0.4) is 0 Å². The summed E-state index contributed by atoms with van der Waals surface area (Å²) < 4.78 is 15.4. The first-order valence-corrected chi connectivity index (χ1v) is 8.62. The molecule has 1 amide bonds. The van der Waals surface area contributed by atoms with Gasteiger partial charge in [-0.1, -0.05) is 30.1 Å². The molecule has 2 heterocycles. The van der Waals surface area contributed by atoms with Crippen LogP contribution in [-0.2, 0) is 11.3 Å². The summed E-state index contributed by atoms with van der Waals surface area (Å²) in [4.78, 5) is 14.9. The molecule has 1 aliphatic heterocycles. The third-order valence-corrected chi connectivity index (χ3v) is 4.58. The molecule has 1 atom stereocenters. The Morgan fingerprint density at radius 3 is 2.76 bits per heavy atom. The van der Waals surface area contributed by atoms with Crippen LogP contribution in [0.1, 0.15) is 53.5 Å². The van der Waals surface area contributed by atoms with Gasteiger partial charge in [-0.25, -0.2) is 0 Å². The third-order valence-electron chi connectivity index (χ3n) is 4.58. The van der Waals surface area contributed by atoms with Gasteiger partial charge in [-0.15, -0.1) is 0 Å². The number of rotatable bonds is 5. The largest absolute Gasteiger partial charge is 0.497 e. The predicted molar refractivity (Wildman–Crippen MR) is 92.5 cm³/mol. The summed E-state index contributed by atoms with van der Waals surface area (Å²) in [5, 5.41) is 3.93. The van der Waals surface area contributed by atoms with E-state index in [-0.39, 0.29) is 11.9 Å². The molecule has 134 valence electrons. The average molecular weight is 344 g/mol. The number of methoxy groups -OCH3 is 2. The number of benzene rings is 1. The lowest BCUT2D eigenvalue weighted by Gasteiger charge is -2.30. The molecular weight excluding hydrogens is 320 g/mol. The first-order valence-electron chi connectivity index (χ1n) is 8.62. The number of amides is 1. The Bertz CT molecular complexity index is 696. The molecule has 6 nitrogen and oxygen atoms in total. The van der Waals surface area contributed by atoms with Crippen molar-refractivity contribution >= 4 is 5.91 Å². The fraction of sp³-hybridized carbons (Fsp3) is 0.474. The molecule has 3 rings (SSSR count). The molecule has 1 saturated heterocycles. The fourth-order valence-corrected chi connectivity index (χ4v) is 3.30. The van der Waals surface area contributed by atoms with E-state index in [4.69, 9.17) is 14.0 Å². The standard InChI is InChI=1S/C19H24N2O4/c1-23-13-16-12-17(20-25-16)19(22)21-11-5-3-4-6-18(21)14-7-9-15(24-2)10-8-14/h7-10,12,18H,3-6,11,13H2,1-2H3/t18-/m1/s1. The van der Waals surface area contributed by atoms with Crippen molar-refractivity contribution in [3.63, 3.8) is 0 Å². The highest BCUT2D eigenvalue weighted by Crippen LogP contribution is 2.32. The Labute approximate surface area is 147 Å². The average Bonchev–Trinajstić information content (AvgIpc) is 2.97. The van der Waals surface area contributed by atoms with E-state index >= 15 is 0 Å². The number of likely N-dealkylation sites (tertiary alicyclic amines) is 1. The van der Waals surface area contributed by atoms with Crippen LogP contribution in [0.5, 0.6) is 5.75 Å². The molecule has 1 fully saturated rings. The molecule has 0 spiro atoms. The van der Waals surface area contributed by atoms with Crippen molar-refractivity contribution in [1.29, 1.82) is 0 Å². The van der Waals surface area contributed by atoms with Crippen molar-refractivity contribution in [2.75, 3.05) is 20.8 Å². The lowest BCUT2D eigenvalue weighted by molar-refractivity contribution is 0.0669. The zero-order chi connectivity index (χ0) is 17.6. The minimum absolute atomic E-state index is 0.0449. The predicted octanol–water partition coefficient (Wildman–Crippen LogP) is 3.59. The molecule has 0 N–H and O–H groups in total. The van der Waals surface area contributed by atoms with Gasteiger partial charge >= 0.3 is 0 Å². The van der Waals surface area contributed by atoms with Crippen LogP contribution in [0.2, 0.25) is 0 Å². The SMILES string of the molecule is COCc1cc(C(=O)N2CCCCC[C@@H]2c2ccc(OC)cc2)no1. The van der Waals surface area contributed by atoms with Gasteiger partial charge in [0.05, 0.1) is 13.2 Å². The smallest absolute Gasteiger partial charge is 0.276 e. The van der Waals surface area contributed by atoms with Crippen LogP contribution >= 0.6 is 0 Å². The van der Waals surface area contributed by atoms with Crippen molar-refractivity contribution < 1.29 is 18.8 Å². The van der Waals surface area contributed by atoms with Crippen molar-refractivity contribution in [2.45, 2.75) is 38.3 Å². The molecule has 0 saturated carbocycles. The van der Waals surface area contributed by atoms with Crippen LogP contribution in [0.4, 0.5) is 0 Å². The van der Waals surface area contributed by atoms with Crippen molar-refractivity contribution in [3.05, 3.63) is 47.3 Å². The van der Waals surface area contributed by atoms with Gasteiger partial charge in [0.25, 0.3) is 5.91 Å². The van der Waals surface area contributed by atoms with E-state index in [9.17, 15) is 4.79 Å². The number of ether oxygens (including phenoxy) is 2. The summed E-state index contributed by atoms with van der Waals surface area (Å²) in [7, 11) is 3.23. The Kier molecular flexibility index (Phi) is 5.71. The van der Waals surface area contributed by atoms with Gasteiger partial charge in [0.15, 0.2) is 11.5 Å². The topological polar surface area (TPSA) is 64.8 Å². The number of carbonyl (C=O) groups is 1. The van der Waals surface area contributed by atoms with Gasteiger partial charge in [-0.3, -0.25) is 4.79 Å². The van der Waals surface area contributed by atoms with Gasteiger partial charge in [-0.2, -0.15) is 0 Å². The number of aromatic nitrogens is 1. The Morgan fingerprint density at radius 2 is 2.04 bits per heavy atom. The maximum Gasteiger partial charge on any atom is 0.276 e. The van der Waals surface area contributed by atoms with Crippen molar-refractivity contribution in [3.8, 4) is 5.75 Å². The summed E-state index contributed by atoms with van der Waals surface area (Å²) >= 11 is 0. The molecule has 2 aromatic rings. The number of carbonyl (C=O) groups excluding carboxylic acids is 1. The van der Waals surface area contributed by atoms with Gasteiger partial charge in [0, 0.05) is 19.7 Å². The molecule has 0 bridgehead atoms. The minimum Gasteiger partial charge on any atom is -0.497 e. The summed E-state index contributed by atoms with van der Waals surface area (Å²) in [6, 6.07) is 9.67. The monoisotopic (exact) mass is 344 g/mol. The van der Waals surface area contributed by atoms with E-state index in [0.717, 1.165) is 43.5 Å². The minimum atomic E-state index is -0.0891. The number of hydrogen-bond acceptors (Lipinski definition) is 5. The maximum atomic E-state index is 13.0. The first-order chi connectivity index (χ1) is 12.2. The molecule has 25 heavy (non-hydrogen) atoms. The quantitative estimate of drug-likeness (QED) is 0.829. The Morgan fingerprint density at radius 1 is 1.24 bits per heavy atom. The summed E-state index contributed by atoms with van der Waals surface area (Å²) in [5.74, 6) is 1.28. The zero-order valence-corrected chi connectivity index (χ0v) is 14.7. The van der Waals surface area contributed by atoms with E-state index in [1.807, 2.05) is 29.2 Å². The maximum absolute atomic E-state index is 13.0. The molecule has 1 aliphatic rings. The second-order valence-electron chi connectivity index (χ2n) is 6.25. The fourth-order valence-electron chi connectivity index (χ4n) is 3.30. The molecule has 0 radical (unpaired) electrons. The molecule has 6 heteroatoms. The lowest BCUT2D eigenvalue weighted by atomic mass is 10.0. The Hall–Kier alpha value is -2.34. The van der Waals surface area contributed by atoms with Crippen LogP contribution in [0.25, 0.3) is 0 Å². The molecule has 0 aliphatic carbocycles. The van der Waals surface area contributed by atoms with Gasteiger partial charge in [0.1, 0.15) is 12.4 Å². The van der Waals surface area contributed by atoms with Gasteiger partial charge < -0.3 is 18.9 Å². The first kappa shape index (κ1) is 17.5. The second kappa shape index (κ2) is 8.16. The molecule has 1 aromatic carbocycles. The third kappa shape index (κ3) is 4.02. The lowest BCUT2D eigenvalue weighted by Crippen LogP contribution is -2.35. The van der Waals surface area contributed by atoms with E-state index in [2.05, 4.69) is 5.16 Å². The molecular formula is C19H24N2O4. The second-order valence-corrected chi connectivity index (χ2v) is 6.25. The number of hydrogen-bond donors (Lipinski definition) is 0. The molecule has 0 unspecified atom stereocenters. The van der Waals surface area contributed by atoms with Crippen LogP contribution in [0, 0.1) is 0 Å². The summed E-state index contributed by atoms with van der Waals surface area (Å²) in [5.41, 5.74) is 1.46. The van der Waals surface area contributed by atoms with Crippen molar-refractivity contribution in [1.82, 2.24) is 10.1 Å². The normalized spacial score (nSPS) is 18.0. The Balaban J connectivity index is 1.84. The zero-order valence-electron chi connectivity index (χ0n) is 14.7. The van der Waals surface area contributed by atoms with Crippen LogP contribution in [0.15, 0.2) is 34.9 Å². The van der Waals surface area contributed by atoms with E-state index < -0.39 is 0 Å². The highest BCUT2D eigenvalue weighted by molar-refractivity contribution is 5.92.